The fraction of sp³-hybridized carbons (Fsp3) is 0.364. The Morgan fingerprint density at radius 2 is 1.14 bits per heavy atom. The van der Waals surface area contributed by atoms with Gasteiger partial charge in [-0.25, -0.2) is 0 Å². The molecule has 0 N–H and O–H groups in total. The molecule has 0 bridgehead atoms. The predicted molar refractivity (Wildman–Crippen MR) is 98.4 cm³/mol. The van der Waals surface area contributed by atoms with E-state index >= 15 is 0 Å². The van der Waals surface area contributed by atoms with E-state index in [1.54, 1.807) is 0 Å². The molecule has 0 aliphatic heterocycles. The molecule has 0 heteroatoms. The van der Waals surface area contributed by atoms with Crippen molar-refractivity contribution >= 4 is 0 Å². The molecule has 0 fully saturated rings. The predicted octanol–water partition coefficient (Wildman–Crippen LogP) is 6.14. The van der Waals surface area contributed by atoms with Crippen molar-refractivity contribution in [3.8, 4) is 11.8 Å². The minimum absolute atomic E-state index is 0. The molecule has 2 rings (SSSR count). The Kier molecular flexibility index (Phi) is 6.01. The van der Waals surface area contributed by atoms with Crippen LogP contribution >= 0.6 is 0 Å². The Bertz CT molecular complexity index is 638. The average Bonchev–Trinajstić information content (AvgIpc) is 2.45. The van der Waals surface area contributed by atoms with Crippen molar-refractivity contribution in [2.45, 2.75) is 53.4 Å². The molecule has 0 aliphatic rings. The first-order valence-electron chi connectivity index (χ1n) is 7.59. The van der Waals surface area contributed by atoms with Crippen molar-refractivity contribution in [3.63, 3.8) is 0 Å². The van der Waals surface area contributed by atoms with Crippen molar-refractivity contribution in [1.29, 1.82) is 0 Å². The van der Waals surface area contributed by atoms with Crippen molar-refractivity contribution < 1.29 is 0 Å². The number of hydrogen-bond donors (Lipinski definition) is 0. The summed E-state index contributed by atoms with van der Waals surface area (Å²) in [5.74, 6) is 7.04. The van der Waals surface area contributed by atoms with Crippen LogP contribution in [0.3, 0.4) is 0 Å². The summed E-state index contributed by atoms with van der Waals surface area (Å²) in [4.78, 5) is 0. The summed E-state index contributed by atoms with van der Waals surface area (Å²) < 4.78 is 0. The third-order valence-electron chi connectivity index (χ3n) is 3.68. The first kappa shape index (κ1) is 18.1. The van der Waals surface area contributed by atoms with E-state index < -0.39 is 0 Å². The lowest BCUT2D eigenvalue weighted by Gasteiger charge is -2.18. The van der Waals surface area contributed by atoms with E-state index in [1.807, 2.05) is 0 Å². The van der Waals surface area contributed by atoms with Crippen LogP contribution in [-0.2, 0) is 5.41 Å². The van der Waals surface area contributed by atoms with Crippen LogP contribution in [0, 0.1) is 11.8 Å². The smallest absolute Gasteiger partial charge is 0.0249 e. The monoisotopic (exact) mass is 292 g/mol. The highest BCUT2D eigenvalue weighted by Gasteiger charge is 2.12. The molecule has 0 saturated heterocycles. The SMILES string of the molecule is C.CC(C)c1ccc(C#Cc2ccc(C(C)(C)C)cc2)cc1. The zero-order valence-corrected chi connectivity index (χ0v) is 13.7. The lowest BCUT2D eigenvalue weighted by Crippen LogP contribution is -2.10. The van der Waals surface area contributed by atoms with E-state index in [0.29, 0.717) is 5.92 Å². The molecule has 0 saturated carbocycles. The second-order valence-electron chi connectivity index (χ2n) is 6.85. The minimum Gasteiger partial charge on any atom is -0.0776 e. The van der Waals surface area contributed by atoms with Crippen LogP contribution in [-0.4, -0.2) is 0 Å². The van der Waals surface area contributed by atoms with Gasteiger partial charge in [-0.15, -0.1) is 0 Å². The van der Waals surface area contributed by atoms with Crippen molar-refractivity contribution in [1.82, 2.24) is 0 Å². The van der Waals surface area contributed by atoms with Gasteiger partial charge in [-0.3, -0.25) is 0 Å². The Morgan fingerprint density at radius 3 is 1.50 bits per heavy atom. The zero-order valence-electron chi connectivity index (χ0n) is 13.7. The topological polar surface area (TPSA) is 0 Å². The molecule has 22 heavy (non-hydrogen) atoms. The summed E-state index contributed by atoms with van der Waals surface area (Å²) in [7, 11) is 0. The van der Waals surface area contributed by atoms with Crippen molar-refractivity contribution in [3.05, 3.63) is 70.8 Å². The second kappa shape index (κ2) is 7.32. The molecule has 0 amide bonds. The van der Waals surface area contributed by atoms with E-state index in [1.165, 1.54) is 11.1 Å². The minimum atomic E-state index is 0. The standard InChI is InChI=1S/C21H24.CH4/c1-16(2)19-12-8-17(9-13-19)6-7-18-10-14-20(15-11-18)21(3,4)5;/h8-16H,1-5H3;1H4. The Morgan fingerprint density at radius 1 is 0.727 bits per heavy atom. The van der Waals surface area contributed by atoms with E-state index in [9.17, 15) is 0 Å². The molecule has 0 aliphatic carbocycles. The van der Waals surface area contributed by atoms with Crippen molar-refractivity contribution in [2.75, 3.05) is 0 Å². The Hall–Kier alpha value is -2.00. The third-order valence-corrected chi connectivity index (χ3v) is 3.68. The van der Waals surface area contributed by atoms with Crippen LogP contribution in [0.15, 0.2) is 48.5 Å². The second-order valence-corrected chi connectivity index (χ2v) is 6.85. The van der Waals surface area contributed by atoms with Crippen LogP contribution in [0.4, 0.5) is 0 Å². The van der Waals surface area contributed by atoms with Gasteiger partial charge in [0.15, 0.2) is 0 Å². The van der Waals surface area contributed by atoms with Crippen LogP contribution < -0.4 is 0 Å². The van der Waals surface area contributed by atoms with Crippen molar-refractivity contribution in [2.24, 2.45) is 0 Å². The summed E-state index contributed by atoms with van der Waals surface area (Å²) in [5.41, 5.74) is 5.03. The maximum Gasteiger partial charge on any atom is 0.0249 e. The fourth-order valence-electron chi connectivity index (χ4n) is 2.15. The van der Waals surface area contributed by atoms with Gasteiger partial charge in [0, 0.05) is 11.1 Å². The Balaban J connectivity index is 0.00000242. The summed E-state index contributed by atoms with van der Waals surface area (Å²) in [6.07, 6.45) is 0. The highest BCUT2D eigenvalue weighted by molar-refractivity contribution is 5.44. The van der Waals surface area contributed by atoms with E-state index in [4.69, 9.17) is 0 Å². The first-order chi connectivity index (χ1) is 9.86. The van der Waals surface area contributed by atoms with E-state index in [0.717, 1.165) is 11.1 Å². The van der Waals surface area contributed by atoms with Gasteiger partial charge in [-0.05, 0) is 46.7 Å². The van der Waals surface area contributed by atoms with Gasteiger partial charge >= 0.3 is 0 Å². The van der Waals surface area contributed by atoms with Gasteiger partial charge < -0.3 is 0 Å². The lowest BCUT2D eigenvalue weighted by molar-refractivity contribution is 0.590. The number of rotatable bonds is 1. The molecular weight excluding hydrogens is 264 g/mol. The summed E-state index contributed by atoms with van der Waals surface area (Å²) in [5, 5.41) is 0. The average molecular weight is 292 g/mol. The van der Waals surface area contributed by atoms with Gasteiger partial charge in [-0.2, -0.15) is 0 Å². The van der Waals surface area contributed by atoms with Crippen LogP contribution in [0.5, 0.6) is 0 Å². The maximum absolute atomic E-state index is 3.24. The molecule has 2 aromatic rings. The molecule has 0 spiro atoms. The highest BCUT2D eigenvalue weighted by atomic mass is 14.2. The third kappa shape index (κ3) is 4.78. The summed E-state index contributed by atoms with van der Waals surface area (Å²) in [6, 6.07) is 17.1. The lowest BCUT2D eigenvalue weighted by atomic mass is 9.87. The van der Waals surface area contributed by atoms with Crippen LogP contribution in [0.1, 0.15) is 70.2 Å². The molecule has 0 radical (unpaired) electrons. The highest BCUT2D eigenvalue weighted by Crippen LogP contribution is 2.22. The van der Waals surface area contributed by atoms with Gasteiger partial charge in [-0.1, -0.05) is 78.2 Å². The molecule has 0 aromatic heterocycles. The maximum atomic E-state index is 3.24. The molecule has 116 valence electrons. The fourth-order valence-corrected chi connectivity index (χ4v) is 2.15. The van der Waals surface area contributed by atoms with Gasteiger partial charge in [0.1, 0.15) is 0 Å². The molecular formula is C22H28. The number of benzene rings is 2. The van der Waals surface area contributed by atoms with E-state index in [2.05, 4.69) is 95.0 Å². The van der Waals surface area contributed by atoms with E-state index in [-0.39, 0.29) is 12.8 Å². The quantitative estimate of drug-likeness (QED) is 0.553. The van der Waals surface area contributed by atoms with Gasteiger partial charge in [0.05, 0.1) is 0 Å². The summed E-state index contributed by atoms with van der Waals surface area (Å²) in [6.45, 7) is 11.1. The largest absolute Gasteiger partial charge is 0.0776 e. The van der Waals surface area contributed by atoms with Gasteiger partial charge in [0.2, 0.25) is 0 Å². The Labute approximate surface area is 136 Å². The molecule has 2 aromatic carbocycles. The molecule has 0 unspecified atom stereocenters. The molecule has 0 nitrogen and oxygen atoms in total. The van der Waals surface area contributed by atoms with Crippen LogP contribution in [0.25, 0.3) is 0 Å². The number of hydrogen-bond acceptors (Lipinski definition) is 0. The normalized spacial score (nSPS) is 10.6. The van der Waals surface area contributed by atoms with Gasteiger partial charge in [0.25, 0.3) is 0 Å². The summed E-state index contributed by atoms with van der Waals surface area (Å²) >= 11 is 0. The van der Waals surface area contributed by atoms with Crippen LogP contribution in [0.2, 0.25) is 0 Å². The molecule has 0 atom stereocenters. The first-order valence-corrected chi connectivity index (χ1v) is 7.59. The zero-order chi connectivity index (χ0) is 15.5. The molecule has 0 heterocycles.